The van der Waals surface area contributed by atoms with E-state index in [1.165, 1.54) is 13.0 Å². The third kappa shape index (κ3) is 3.89. The van der Waals surface area contributed by atoms with Crippen LogP contribution in [0.1, 0.15) is 96.3 Å². The van der Waals surface area contributed by atoms with Gasteiger partial charge in [0.05, 0.1) is 11.5 Å². The van der Waals surface area contributed by atoms with Crippen LogP contribution in [0.3, 0.4) is 0 Å². The van der Waals surface area contributed by atoms with Crippen molar-refractivity contribution >= 4 is 34.8 Å². The van der Waals surface area contributed by atoms with Crippen LogP contribution in [0.2, 0.25) is 0 Å². The highest BCUT2D eigenvalue weighted by atomic mass is 16.3. The van der Waals surface area contributed by atoms with E-state index >= 15 is 0 Å². The molecule has 0 aromatic heterocycles. The Hall–Kier alpha value is -3.64. The van der Waals surface area contributed by atoms with Crippen LogP contribution in [0.15, 0.2) is 53.6 Å². The summed E-state index contributed by atoms with van der Waals surface area (Å²) >= 11 is 0. The number of carbonyl (C=O) groups is 4. The molecule has 1 saturated carbocycles. The average Bonchev–Trinajstić information content (AvgIpc) is 2.92. The topological polar surface area (TPSA) is 109 Å². The number of fused-ring (bicyclic) bond motifs is 3. The molecule has 3 aliphatic rings. The largest absolute Gasteiger partial charge is 0.507 e. The number of aromatic hydroxyl groups is 1. The summed E-state index contributed by atoms with van der Waals surface area (Å²) in [6.45, 7) is 18.9. The van der Waals surface area contributed by atoms with E-state index in [2.05, 4.69) is 32.9 Å². The first-order valence-electron chi connectivity index (χ1n) is 15.5. The minimum Gasteiger partial charge on any atom is -0.507 e. The predicted molar refractivity (Wildman–Crippen MR) is 171 cm³/mol. The van der Waals surface area contributed by atoms with Gasteiger partial charge in [-0.2, -0.15) is 0 Å². The molecule has 3 aliphatic carbocycles. The Labute approximate surface area is 260 Å². The molecule has 0 bridgehead atoms. The van der Waals surface area contributed by atoms with E-state index in [0.29, 0.717) is 22.3 Å². The van der Waals surface area contributed by atoms with E-state index in [-0.39, 0.29) is 22.6 Å². The number of ketones is 4. The first-order chi connectivity index (χ1) is 20.3. The molecule has 2 unspecified atom stereocenters. The van der Waals surface area contributed by atoms with Crippen molar-refractivity contribution in [2.24, 2.45) is 34.5 Å². The Morgan fingerprint density at radius 3 is 2.09 bits per heavy atom. The number of hydrogen-bond acceptors (Lipinski definition) is 6. The van der Waals surface area contributed by atoms with Gasteiger partial charge in [0.2, 0.25) is 0 Å². The Bertz CT molecular complexity index is 1680. The SMILES string of the molecule is CC(=O)C1C(=O)[C@@]2(O)C(=O)C3C(=O)c4c(O)cccc4C(=Cc4ccc(C(C)(C)C)cc4)[C@@]3(C)[C@H](C)[C@@]2(C)C(C(C)C)=C1C. The summed E-state index contributed by atoms with van der Waals surface area (Å²) in [6.07, 6.45) is 1.97. The fraction of sp³-hybridized carbons (Fsp3) is 0.474. The number of rotatable bonds is 3. The molecule has 2 aromatic carbocycles. The first-order valence-corrected chi connectivity index (χ1v) is 15.5. The fourth-order valence-electron chi connectivity index (χ4n) is 8.94. The summed E-state index contributed by atoms with van der Waals surface area (Å²) in [7, 11) is 0. The highest BCUT2D eigenvalue weighted by molar-refractivity contribution is 6.29. The van der Waals surface area contributed by atoms with Crippen LogP contribution in [0.5, 0.6) is 5.75 Å². The van der Waals surface area contributed by atoms with Crippen molar-refractivity contribution in [2.45, 2.75) is 80.3 Å². The summed E-state index contributed by atoms with van der Waals surface area (Å²) in [5, 5.41) is 23.6. The van der Waals surface area contributed by atoms with Gasteiger partial charge in [-0.3, -0.25) is 19.2 Å². The van der Waals surface area contributed by atoms with Gasteiger partial charge in [-0.1, -0.05) is 109 Å². The normalized spacial score (nSPS) is 33.0. The standard InChI is InChI=1S/C38H44O6/c1-19(2)30-20(3)28(21(4)39)33(42)38(44)34(43)31-32(41)29-25(12-11-13-27(29)40)26(36(31,9)22(5)37(30,38)10)18-23-14-16-24(17-15-23)35(6,7)8/h11-19,22,28,31,40,44H,1-10H3/t22-,28?,31?,36+,37-,38+/m0/s1. The van der Waals surface area contributed by atoms with E-state index in [9.17, 15) is 29.4 Å². The lowest BCUT2D eigenvalue weighted by Gasteiger charge is -2.64. The molecule has 232 valence electrons. The van der Waals surface area contributed by atoms with Crippen molar-refractivity contribution in [1.82, 2.24) is 0 Å². The maximum atomic E-state index is 14.9. The number of allylic oxidation sites excluding steroid dienone is 2. The second-order valence-electron chi connectivity index (χ2n) is 14.9. The number of aliphatic hydroxyl groups is 1. The summed E-state index contributed by atoms with van der Waals surface area (Å²) in [5.41, 5.74) is -0.770. The minimum atomic E-state index is -2.61. The van der Waals surface area contributed by atoms with Crippen LogP contribution < -0.4 is 0 Å². The van der Waals surface area contributed by atoms with Crippen molar-refractivity contribution in [3.8, 4) is 5.75 Å². The Morgan fingerprint density at radius 1 is 0.977 bits per heavy atom. The zero-order chi connectivity index (χ0) is 32.9. The molecule has 0 amide bonds. The van der Waals surface area contributed by atoms with Crippen molar-refractivity contribution in [3.05, 3.63) is 75.9 Å². The Balaban J connectivity index is 1.88. The lowest BCUT2D eigenvalue weighted by Crippen LogP contribution is -2.75. The highest BCUT2D eigenvalue weighted by Crippen LogP contribution is 2.69. The highest BCUT2D eigenvalue weighted by Gasteiger charge is 2.76. The minimum absolute atomic E-state index is 0.00229. The van der Waals surface area contributed by atoms with Gasteiger partial charge < -0.3 is 10.2 Å². The van der Waals surface area contributed by atoms with E-state index in [1.807, 2.05) is 45.9 Å². The zero-order valence-electron chi connectivity index (χ0n) is 27.5. The van der Waals surface area contributed by atoms with E-state index in [4.69, 9.17) is 0 Å². The van der Waals surface area contributed by atoms with Gasteiger partial charge in [-0.15, -0.1) is 0 Å². The van der Waals surface area contributed by atoms with Crippen molar-refractivity contribution < 1.29 is 29.4 Å². The van der Waals surface area contributed by atoms with Crippen LogP contribution in [-0.4, -0.2) is 38.9 Å². The number of hydrogen-bond donors (Lipinski definition) is 2. The summed E-state index contributed by atoms with van der Waals surface area (Å²) in [5.74, 6) is -6.68. The van der Waals surface area contributed by atoms with Gasteiger partial charge >= 0.3 is 0 Å². The van der Waals surface area contributed by atoms with Crippen molar-refractivity contribution in [2.75, 3.05) is 0 Å². The van der Waals surface area contributed by atoms with Crippen molar-refractivity contribution in [3.63, 3.8) is 0 Å². The molecule has 2 aromatic rings. The van der Waals surface area contributed by atoms with Gasteiger partial charge in [-0.05, 0) is 59.4 Å². The Morgan fingerprint density at radius 2 is 1.57 bits per heavy atom. The molecule has 0 radical (unpaired) electrons. The monoisotopic (exact) mass is 596 g/mol. The molecule has 0 saturated heterocycles. The van der Waals surface area contributed by atoms with Gasteiger partial charge in [0.1, 0.15) is 17.5 Å². The summed E-state index contributed by atoms with van der Waals surface area (Å²) in [6, 6.07) is 13.0. The smallest absolute Gasteiger partial charge is 0.192 e. The second kappa shape index (κ2) is 9.93. The lowest BCUT2D eigenvalue weighted by molar-refractivity contribution is -0.189. The third-order valence-corrected chi connectivity index (χ3v) is 11.3. The maximum absolute atomic E-state index is 14.9. The molecule has 6 nitrogen and oxygen atoms in total. The predicted octanol–water partition coefficient (Wildman–Crippen LogP) is 6.77. The van der Waals surface area contributed by atoms with Gasteiger partial charge in [-0.25, -0.2) is 0 Å². The molecule has 0 aliphatic heterocycles. The van der Waals surface area contributed by atoms with E-state index in [1.54, 1.807) is 26.0 Å². The van der Waals surface area contributed by atoms with E-state index < -0.39 is 57.3 Å². The molecule has 6 heteroatoms. The molecule has 0 spiro atoms. The van der Waals surface area contributed by atoms with Gasteiger partial charge in [0, 0.05) is 10.8 Å². The number of phenolic OH excluding ortho intramolecular Hbond substituents is 1. The molecule has 0 heterocycles. The van der Waals surface area contributed by atoms with Crippen LogP contribution >= 0.6 is 0 Å². The lowest BCUT2D eigenvalue weighted by atomic mass is 9.37. The summed E-state index contributed by atoms with van der Waals surface area (Å²) < 4.78 is 0. The average molecular weight is 597 g/mol. The van der Waals surface area contributed by atoms with Crippen molar-refractivity contribution in [1.29, 1.82) is 0 Å². The van der Waals surface area contributed by atoms with Crippen LogP contribution in [-0.2, 0) is 19.8 Å². The molecule has 44 heavy (non-hydrogen) atoms. The van der Waals surface area contributed by atoms with Crippen LogP contribution in [0.25, 0.3) is 11.6 Å². The molecular formula is C38H44O6. The zero-order valence-corrected chi connectivity index (χ0v) is 27.5. The summed E-state index contributed by atoms with van der Waals surface area (Å²) in [4.78, 5) is 56.4. The molecule has 6 atom stereocenters. The molecule has 2 N–H and O–H groups in total. The fourth-order valence-corrected chi connectivity index (χ4v) is 8.94. The molecular weight excluding hydrogens is 552 g/mol. The van der Waals surface area contributed by atoms with E-state index in [0.717, 1.165) is 11.1 Å². The van der Waals surface area contributed by atoms with Crippen LogP contribution in [0.4, 0.5) is 0 Å². The van der Waals surface area contributed by atoms with Gasteiger partial charge in [0.15, 0.2) is 23.0 Å². The number of carbonyl (C=O) groups excluding carboxylic acids is 4. The van der Waals surface area contributed by atoms with Gasteiger partial charge in [0.25, 0.3) is 0 Å². The quantitative estimate of drug-likeness (QED) is 0.299. The number of phenols is 1. The number of benzene rings is 2. The Kier molecular flexibility index (Phi) is 7.17. The maximum Gasteiger partial charge on any atom is 0.192 e. The van der Waals surface area contributed by atoms with Crippen LogP contribution in [0, 0.1) is 34.5 Å². The first kappa shape index (κ1) is 31.8. The number of Topliss-reactive ketones (excluding diaryl/α,β-unsaturated/α-hetero) is 4. The third-order valence-electron chi connectivity index (χ3n) is 11.3. The molecule has 1 fully saturated rings. The second-order valence-corrected chi connectivity index (χ2v) is 14.9. The molecule has 5 rings (SSSR count).